The van der Waals surface area contributed by atoms with Crippen molar-refractivity contribution in [3.63, 3.8) is 0 Å². The Morgan fingerprint density at radius 1 is 1.60 bits per heavy atom. The van der Waals surface area contributed by atoms with E-state index in [2.05, 4.69) is 15.0 Å². The van der Waals surface area contributed by atoms with Gasteiger partial charge < -0.3 is 9.72 Å². The van der Waals surface area contributed by atoms with E-state index in [-0.39, 0.29) is 5.82 Å². The zero-order valence-electron chi connectivity index (χ0n) is 8.57. The Labute approximate surface area is 86.5 Å². The number of rotatable bonds is 2. The highest BCUT2D eigenvalue weighted by Gasteiger charge is 2.13. The molecule has 15 heavy (non-hydrogen) atoms. The van der Waals surface area contributed by atoms with E-state index in [0.717, 1.165) is 11.1 Å². The highest BCUT2D eigenvalue weighted by Crippen LogP contribution is 2.13. The molecule has 2 rings (SSSR count). The van der Waals surface area contributed by atoms with Crippen molar-refractivity contribution in [1.29, 1.82) is 0 Å². The van der Waals surface area contributed by atoms with E-state index in [1.807, 2.05) is 13.0 Å². The van der Waals surface area contributed by atoms with Crippen molar-refractivity contribution in [2.75, 3.05) is 6.61 Å². The Morgan fingerprint density at radius 2 is 2.40 bits per heavy atom. The third kappa shape index (κ3) is 1.68. The van der Waals surface area contributed by atoms with E-state index in [0.29, 0.717) is 12.3 Å². The molecule has 0 aliphatic rings. The van der Waals surface area contributed by atoms with Crippen LogP contribution in [0.15, 0.2) is 12.3 Å². The number of nitrogens with zero attached hydrogens (tertiary/aromatic N) is 2. The van der Waals surface area contributed by atoms with Gasteiger partial charge in [-0.3, -0.25) is 0 Å². The summed E-state index contributed by atoms with van der Waals surface area (Å²) < 4.78 is 4.84. The minimum atomic E-state index is -0.449. The van der Waals surface area contributed by atoms with Gasteiger partial charge in [0, 0.05) is 6.20 Å². The molecule has 1 N–H and O–H groups in total. The number of carbonyl (C=O) groups is 1. The number of H-pyrrole nitrogens is 1. The second-order valence-electron chi connectivity index (χ2n) is 3.13. The zero-order chi connectivity index (χ0) is 10.8. The van der Waals surface area contributed by atoms with Crippen LogP contribution in [0.25, 0.3) is 11.2 Å². The van der Waals surface area contributed by atoms with Gasteiger partial charge in [-0.05, 0) is 25.5 Å². The fraction of sp³-hybridized carbons (Fsp3) is 0.300. The second-order valence-corrected chi connectivity index (χ2v) is 3.13. The quantitative estimate of drug-likeness (QED) is 0.753. The van der Waals surface area contributed by atoms with Crippen molar-refractivity contribution in [2.45, 2.75) is 13.8 Å². The van der Waals surface area contributed by atoms with Gasteiger partial charge in [-0.15, -0.1) is 0 Å². The largest absolute Gasteiger partial charge is 0.460 e. The van der Waals surface area contributed by atoms with Crippen LogP contribution >= 0.6 is 0 Å². The average molecular weight is 205 g/mol. The Morgan fingerprint density at radius 3 is 3.07 bits per heavy atom. The molecule has 2 aromatic rings. The minimum absolute atomic E-state index is 0.202. The van der Waals surface area contributed by atoms with Crippen LogP contribution in [0.5, 0.6) is 0 Å². The number of ether oxygens (including phenoxy) is 1. The van der Waals surface area contributed by atoms with E-state index in [1.165, 1.54) is 0 Å². The number of imidazole rings is 1. The third-order valence-electron chi connectivity index (χ3n) is 2.07. The average Bonchev–Trinajstić information content (AvgIpc) is 2.63. The number of hydrogen-bond acceptors (Lipinski definition) is 4. The van der Waals surface area contributed by atoms with Crippen molar-refractivity contribution >= 4 is 17.1 Å². The maximum absolute atomic E-state index is 11.4. The fourth-order valence-electron chi connectivity index (χ4n) is 1.33. The molecule has 0 aliphatic heterocycles. The number of esters is 1. The molecule has 0 fully saturated rings. The number of aromatic nitrogens is 3. The van der Waals surface area contributed by atoms with E-state index in [4.69, 9.17) is 4.74 Å². The molecular formula is C10H11N3O2. The first kappa shape index (κ1) is 9.64. The van der Waals surface area contributed by atoms with E-state index < -0.39 is 5.97 Å². The van der Waals surface area contributed by atoms with Gasteiger partial charge in [0.05, 0.1) is 12.1 Å². The minimum Gasteiger partial charge on any atom is -0.460 e. The van der Waals surface area contributed by atoms with E-state index in [1.54, 1.807) is 13.1 Å². The Kier molecular flexibility index (Phi) is 2.37. The number of pyridine rings is 1. The summed E-state index contributed by atoms with van der Waals surface area (Å²) in [5.74, 6) is -0.247. The monoisotopic (exact) mass is 205 g/mol. The summed E-state index contributed by atoms with van der Waals surface area (Å²) in [6, 6.07) is 1.86. The van der Waals surface area contributed by atoms with Gasteiger partial charge in [-0.1, -0.05) is 0 Å². The molecule has 0 atom stereocenters. The maximum atomic E-state index is 11.4. The van der Waals surface area contributed by atoms with Crippen molar-refractivity contribution in [1.82, 2.24) is 15.0 Å². The van der Waals surface area contributed by atoms with Crippen LogP contribution in [0.4, 0.5) is 0 Å². The molecule has 0 saturated carbocycles. The molecule has 0 amide bonds. The third-order valence-corrected chi connectivity index (χ3v) is 2.07. The molecule has 5 nitrogen and oxygen atoms in total. The zero-order valence-corrected chi connectivity index (χ0v) is 8.57. The van der Waals surface area contributed by atoms with Crippen LogP contribution in [0.1, 0.15) is 23.1 Å². The van der Waals surface area contributed by atoms with Gasteiger partial charge in [-0.2, -0.15) is 0 Å². The molecule has 0 bridgehead atoms. The van der Waals surface area contributed by atoms with Gasteiger partial charge in [0.25, 0.3) is 0 Å². The molecule has 0 saturated heterocycles. The van der Waals surface area contributed by atoms with Crippen LogP contribution in [-0.4, -0.2) is 27.5 Å². The lowest BCUT2D eigenvalue weighted by Crippen LogP contribution is -2.06. The molecule has 0 radical (unpaired) electrons. The first-order valence-corrected chi connectivity index (χ1v) is 4.71. The predicted molar refractivity (Wildman–Crippen MR) is 54.6 cm³/mol. The highest BCUT2D eigenvalue weighted by atomic mass is 16.5. The summed E-state index contributed by atoms with van der Waals surface area (Å²) in [7, 11) is 0. The Hall–Kier alpha value is -1.91. The molecule has 0 spiro atoms. The fourth-order valence-corrected chi connectivity index (χ4v) is 1.33. The lowest BCUT2D eigenvalue weighted by Gasteiger charge is -1.95. The first-order chi connectivity index (χ1) is 7.22. The topological polar surface area (TPSA) is 67.9 Å². The van der Waals surface area contributed by atoms with Gasteiger partial charge >= 0.3 is 5.97 Å². The Bertz CT molecular complexity index is 504. The lowest BCUT2D eigenvalue weighted by atomic mass is 10.3. The van der Waals surface area contributed by atoms with Crippen molar-refractivity contribution in [3.05, 3.63) is 23.7 Å². The normalized spacial score (nSPS) is 10.5. The number of nitrogens with one attached hydrogen (secondary N) is 1. The number of carbonyl (C=O) groups excluding carboxylic acids is 1. The Balaban J connectivity index is 2.47. The lowest BCUT2D eigenvalue weighted by molar-refractivity contribution is 0.0513. The smallest absolute Gasteiger partial charge is 0.374 e. The summed E-state index contributed by atoms with van der Waals surface area (Å²) in [4.78, 5) is 22.4. The molecular weight excluding hydrogens is 194 g/mol. The number of fused-ring (bicyclic) bond motifs is 1. The van der Waals surface area contributed by atoms with Crippen molar-refractivity contribution in [3.8, 4) is 0 Å². The predicted octanol–water partition coefficient (Wildman–Crippen LogP) is 1.44. The van der Waals surface area contributed by atoms with Gasteiger partial charge in [0.2, 0.25) is 5.82 Å². The maximum Gasteiger partial charge on any atom is 0.374 e. The van der Waals surface area contributed by atoms with Gasteiger partial charge in [0.1, 0.15) is 0 Å². The van der Waals surface area contributed by atoms with Crippen LogP contribution in [0.3, 0.4) is 0 Å². The van der Waals surface area contributed by atoms with E-state index >= 15 is 0 Å². The van der Waals surface area contributed by atoms with Gasteiger partial charge in [-0.25, -0.2) is 14.8 Å². The van der Waals surface area contributed by atoms with Crippen LogP contribution < -0.4 is 0 Å². The molecule has 0 aliphatic carbocycles. The highest BCUT2D eigenvalue weighted by molar-refractivity contribution is 5.89. The van der Waals surface area contributed by atoms with Crippen LogP contribution in [0, 0.1) is 6.92 Å². The summed E-state index contributed by atoms with van der Waals surface area (Å²) >= 11 is 0. The molecule has 5 heteroatoms. The number of hydrogen-bond donors (Lipinski definition) is 1. The first-order valence-electron chi connectivity index (χ1n) is 4.71. The summed E-state index contributed by atoms with van der Waals surface area (Å²) in [6.45, 7) is 4.02. The number of aryl methyl sites for hydroxylation is 1. The van der Waals surface area contributed by atoms with Crippen LogP contribution in [-0.2, 0) is 4.74 Å². The summed E-state index contributed by atoms with van der Waals surface area (Å²) in [5.41, 5.74) is 2.32. The van der Waals surface area contributed by atoms with Crippen LogP contribution in [0.2, 0.25) is 0 Å². The molecule has 0 unspecified atom stereocenters. The summed E-state index contributed by atoms with van der Waals surface area (Å²) in [6.07, 6.45) is 1.66. The molecule has 78 valence electrons. The summed E-state index contributed by atoms with van der Waals surface area (Å²) in [5, 5.41) is 0. The molecule has 2 heterocycles. The van der Waals surface area contributed by atoms with Gasteiger partial charge in [0.15, 0.2) is 5.65 Å². The molecule has 0 aromatic carbocycles. The SMILES string of the molecule is CCOC(=O)c1nc2nccc(C)c2[nH]1. The molecule has 2 aromatic heterocycles. The van der Waals surface area contributed by atoms with Crippen molar-refractivity contribution in [2.24, 2.45) is 0 Å². The van der Waals surface area contributed by atoms with E-state index in [9.17, 15) is 4.79 Å². The number of aromatic amines is 1. The van der Waals surface area contributed by atoms with Crippen molar-refractivity contribution < 1.29 is 9.53 Å². The second kappa shape index (κ2) is 3.68. The standard InChI is InChI=1S/C10H11N3O2/c1-3-15-10(14)9-12-7-6(2)4-5-11-8(7)13-9/h4-5H,3H2,1-2H3,(H,11,12,13).